The van der Waals surface area contributed by atoms with E-state index in [-0.39, 0.29) is 6.10 Å². The monoisotopic (exact) mass is 398 g/mol. The minimum Gasteiger partial charge on any atom is -0.489 e. The molecule has 6 heteroatoms. The first-order valence-electron chi connectivity index (χ1n) is 7.98. The molecule has 0 aliphatic rings. The van der Waals surface area contributed by atoms with Crippen LogP contribution in [0.15, 0.2) is 65.3 Å². The zero-order valence-electron chi connectivity index (χ0n) is 14.0. The zero-order chi connectivity index (χ0) is 17.6. The second-order valence-electron chi connectivity index (χ2n) is 5.69. The number of aromatic nitrogens is 2. The molecule has 3 aromatic rings. The van der Waals surface area contributed by atoms with Gasteiger partial charge in [0.2, 0.25) is 5.95 Å². The van der Waals surface area contributed by atoms with E-state index in [1.807, 2.05) is 68.4 Å². The Balaban J connectivity index is 1.78. The number of para-hydroxylation sites is 2. The molecule has 0 aliphatic heterocycles. The van der Waals surface area contributed by atoms with Crippen LogP contribution in [0.4, 0.5) is 23.1 Å². The molecule has 5 nitrogen and oxygen atoms in total. The molecule has 2 aromatic carbocycles. The van der Waals surface area contributed by atoms with Crippen molar-refractivity contribution in [3.8, 4) is 5.75 Å². The SMILES string of the molecule is CC(C)Oc1ccccc1Nc1nccc(Nc2cccc(Br)c2)n1. The van der Waals surface area contributed by atoms with Crippen LogP contribution in [-0.4, -0.2) is 16.1 Å². The van der Waals surface area contributed by atoms with Gasteiger partial charge in [0.1, 0.15) is 11.6 Å². The van der Waals surface area contributed by atoms with Gasteiger partial charge < -0.3 is 15.4 Å². The fourth-order valence-electron chi connectivity index (χ4n) is 2.25. The highest BCUT2D eigenvalue weighted by molar-refractivity contribution is 9.10. The summed E-state index contributed by atoms with van der Waals surface area (Å²) in [4.78, 5) is 8.80. The van der Waals surface area contributed by atoms with Crippen LogP contribution in [0, 0.1) is 0 Å². The fraction of sp³-hybridized carbons (Fsp3) is 0.158. The van der Waals surface area contributed by atoms with Gasteiger partial charge in [-0.1, -0.05) is 34.1 Å². The molecule has 0 saturated carbocycles. The highest BCUT2D eigenvalue weighted by Gasteiger charge is 2.07. The molecule has 0 unspecified atom stereocenters. The summed E-state index contributed by atoms with van der Waals surface area (Å²) in [5.41, 5.74) is 1.78. The normalized spacial score (nSPS) is 10.6. The molecule has 1 aromatic heterocycles. The van der Waals surface area contributed by atoms with Crippen molar-refractivity contribution in [3.05, 3.63) is 65.3 Å². The van der Waals surface area contributed by atoms with E-state index >= 15 is 0 Å². The molecular weight excluding hydrogens is 380 g/mol. The summed E-state index contributed by atoms with van der Waals surface area (Å²) < 4.78 is 6.82. The average Bonchev–Trinajstić information content (AvgIpc) is 2.57. The molecule has 0 bridgehead atoms. The Kier molecular flexibility index (Phi) is 5.50. The molecular formula is C19H19BrN4O. The molecule has 1 heterocycles. The van der Waals surface area contributed by atoms with Crippen molar-refractivity contribution in [2.45, 2.75) is 20.0 Å². The summed E-state index contributed by atoms with van der Waals surface area (Å²) in [6.45, 7) is 3.99. The molecule has 0 amide bonds. The topological polar surface area (TPSA) is 59.1 Å². The molecule has 0 saturated heterocycles. The van der Waals surface area contributed by atoms with E-state index in [1.54, 1.807) is 6.20 Å². The summed E-state index contributed by atoms with van der Waals surface area (Å²) in [6, 6.07) is 17.5. The summed E-state index contributed by atoms with van der Waals surface area (Å²) >= 11 is 3.46. The molecule has 0 spiro atoms. The Morgan fingerprint density at radius 3 is 2.64 bits per heavy atom. The van der Waals surface area contributed by atoms with Crippen molar-refractivity contribution < 1.29 is 4.74 Å². The quantitative estimate of drug-likeness (QED) is 0.572. The third-order valence-electron chi connectivity index (χ3n) is 3.25. The lowest BCUT2D eigenvalue weighted by atomic mass is 10.3. The van der Waals surface area contributed by atoms with Gasteiger partial charge >= 0.3 is 0 Å². The van der Waals surface area contributed by atoms with E-state index in [2.05, 4.69) is 36.5 Å². The maximum Gasteiger partial charge on any atom is 0.229 e. The van der Waals surface area contributed by atoms with Crippen LogP contribution in [-0.2, 0) is 0 Å². The van der Waals surface area contributed by atoms with E-state index < -0.39 is 0 Å². The van der Waals surface area contributed by atoms with Gasteiger partial charge in [0.25, 0.3) is 0 Å². The Morgan fingerprint density at radius 2 is 1.84 bits per heavy atom. The fourth-order valence-corrected chi connectivity index (χ4v) is 2.65. The highest BCUT2D eigenvalue weighted by Crippen LogP contribution is 2.27. The molecule has 0 atom stereocenters. The molecule has 3 rings (SSSR count). The van der Waals surface area contributed by atoms with Crippen molar-refractivity contribution >= 4 is 39.1 Å². The first kappa shape index (κ1) is 17.2. The van der Waals surface area contributed by atoms with Crippen LogP contribution in [0.2, 0.25) is 0 Å². The molecule has 0 fully saturated rings. The number of ether oxygens (including phenoxy) is 1. The minimum atomic E-state index is 0.0911. The highest BCUT2D eigenvalue weighted by atomic mass is 79.9. The predicted octanol–water partition coefficient (Wildman–Crippen LogP) is 5.51. The predicted molar refractivity (Wildman–Crippen MR) is 105 cm³/mol. The lowest BCUT2D eigenvalue weighted by molar-refractivity contribution is 0.244. The van der Waals surface area contributed by atoms with Gasteiger partial charge in [-0.3, -0.25) is 0 Å². The standard InChI is InChI=1S/C19H19BrN4O/c1-13(2)25-17-9-4-3-8-16(17)23-19-21-11-10-18(24-19)22-15-7-5-6-14(20)12-15/h3-13H,1-2H3,(H2,21,22,23,24). The first-order valence-corrected chi connectivity index (χ1v) is 8.78. The van der Waals surface area contributed by atoms with E-state index in [0.29, 0.717) is 11.8 Å². The number of benzene rings is 2. The maximum atomic E-state index is 5.82. The van der Waals surface area contributed by atoms with E-state index in [1.165, 1.54) is 0 Å². The Bertz CT molecular complexity index is 854. The Morgan fingerprint density at radius 1 is 1.00 bits per heavy atom. The van der Waals surface area contributed by atoms with Gasteiger partial charge in [0, 0.05) is 16.4 Å². The van der Waals surface area contributed by atoms with Crippen LogP contribution in [0.3, 0.4) is 0 Å². The van der Waals surface area contributed by atoms with Crippen LogP contribution in [0.1, 0.15) is 13.8 Å². The van der Waals surface area contributed by atoms with Gasteiger partial charge in [0.05, 0.1) is 11.8 Å². The van der Waals surface area contributed by atoms with Crippen LogP contribution < -0.4 is 15.4 Å². The lowest BCUT2D eigenvalue weighted by Crippen LogP contribution is -2.08. The number of nitrogens with zero attached hydrogens (tertiary/aromatic N) is 2. The van der Waals surface area contributed by atoms with E-state index in [9.17, 15) is 0 Å². The van der Waals surface area contributed by atoms with Crippen molar-refractivity contribution in [3.63, 3.8) is 0 Å². The molecule has 128 valence electrons. The Labute approximate surface area is 155 Å². The number of anilines is 4. The van der Waals surface area contributed by atoms with E-state index in [0.717, 1.165) is 21.6 Å². The number of halogens is 1. The van der Waals surface area contributed by atoms with Crippen molar-refractivity contribution in [2.24, 2.45) is 0 Å². The third-order valence-corrected chi connectivity index (χ3v) is 3.74. The summed E-state index contributed by atoms with van der Waals surface area (Å²) in [7, 11) is 0. The second kappa shape index (κ2) is 7.98. The lowest BCUT2D eigenvalue weighted by Gasteiger charge is -2.15. The number of rotatable bonds is 6. The van der Waals surface area contributed by atoms with Crippen LogP contribution >= 0.6 is 15.9 Å². The molecule has 0 aliphatic carbocycles. The third kappa shape index (κ3) is 4.93. The molecule has 2 N–H and O–H groups in total. The number of nitrogens with one attached hydrogen (secondary N) is 2. The van der Waals surface area contributed by atoms with Crippen LogP contribution in [0.5, 0.6) is 5.75 Å². The summed E-state index contributed by atoms with van der Waals surface area (Å²) in [5.74, 6) is 1.98. The molecule has 25 heavy (non-hydrogen) atoms. The average molecular weight is 399 g/mol. The van der Waals surface area contributed by atoms with Crippen molar-refractivity contribution in [2.75, 3.05) is 10.6 Å². The van der Waals surface area contributed by atoms with Gasteiger partial charge in [-0.15, -0.1) is 0 Å². The van der Waals surface area contributed by atoms with E-state index in [4.69, 9.17) is 4.74 Å². The van der Waals surface area contributed by atoms with Gasteiger partial charge in [-0.05, 0) is 50.2 Å². The van der Waals surface area contributed by atoms with Gasteiger partial charge in [-0.25, -0.2) is 4.98 Å². The van der Waals surface area contributed by atoms with Crippen molar-refractivity contribution in [1.82, 2.24) is 9.97 Å². The first-order chi connectivity index (χ1) is 12.1. The summed E-state index contributed by atoms with van der Waals surface area (Å²) in [5, 5.41) is 6.48. The van der Waals surface area contributed by atoms with Gasteiger partial charge in [-0.2, -0.15) is 4.98 Å². The van der Waals surface area contributed by atoms with Crippen molar-refractivity contribution in [1.29, 1.82) is 0 Å². The number of hydrogen-bond acceptors (Lipinski definition) is 5. The number of hydrogen-bond donors (Lipinski definition) is 2. The van der Waals surface area contributed by atoms with Crippen LogP contribution in [0.25, 0.3) is 0 Å². The smallest absolute Gasteiger partial charge is 0.229 e. The second-order valence-corrected chi connectivity index (χ2v) is 6.60. The summed E-state index contributed by atoms with van der Waals surface area (Å²) in [6.07, 6.45) is 1.80. The minimum absolute atomic E-state index is 0.0911. The Hall–Kier alpha value is -2.60. The zero-order valence-corrected chi connectivity index (χ0v) is 15.6. The largest absolute Gasteiger partial charge is 0.489 e. The van der Waals surface area contributed by atoms with Gasteiger partial charge in [0.15, 0.2) is 0 Å². The maximum absolute atomic E-state index is 5.82. The molecule has 0 radical (unpaired) electrons.